The summed E-state index contributed by atoms with van der Waals surface area (Å²) in [6.45, 7) is 11.1. The van der Waals surface area contributed by atoms with Gasteiger partial charge in [0.15, 0.2) is 8.32 Å². The van der Waals surface area contributed by atoms with E-state index in [-0.39, 0.29) is 17.2 Å². The maximum atomic E-state index is 9.59. The number of aliphatic hydroxyl groups is 1. The van der Waals surface area contributed by atoms with Gasteiger partial charge in [-0.05, 0) is 24.2 Å². The van der Waals surface area contributed by atoms with E-state index < -0.39 is 8.32 Å². The maximum absolute atomic E-state index is 9.59. The number of hydrogen-bond acceptors (Lipinski definition) is 2. The fourth-order valence-electron chi connectivity index (χ4n) is 1.33. The van der Waals surface area contributed by atoms with Crippen LogP contribution in [0.2, 0.25) is 18.1 Å². The molecule has 0 saturated carbocycles. The molecule has 0 fully saturated rings. The Balaban J connectivity index is 2.65. The van der Waals surface area contributed by atoms with Gasteiger partial charge in [0.2, 0.25) is 0 Å². The third-order valence-corrected chi connectivity index (χ3v) is 8.67. The molecular formula is C11H21BrO2Si. The summed E-state index contributed by atoms with van der Waals surface area (Å²) in [5.74, 6) is 0. The summed E-state index contributed by atoms with van der Waals surface area (Å²) in [4.78, 5) is 0. The summed E-state index contributed by atoms with van der Waals surface area (Å²) in [5, 5.41) is 9.81. The van der Waals surface area contributed by atoms with Crippen molar-refractivity contribution in [2.45, 2.75) is 57.5 Å². The second-order valence-corrected chi connectivity index (χ2v) is 11.4. The monoisotopic (exact) mass is 292 g/mol. The van der Waals surface area contributed by atoms with E-state index in [1.54, 1.807) is 0 Å². The van der Waals surface area contributed by atoms with Gasteiger partial charge in [-0.1, -0.05) is 36.7 Å². The molecule has 2 nitrogen and oxygen atoms in total. The first-order chi connectivity index (χ1) is 6.63. The zero-order valence-corrected chi connectivity index (χ0v) is 12.8. The van der Waals surface area contributed by atoms with Gasteiger partial charge in [0.05, 0.1) is 12.2 Å². The first-order valence-corrected chi connectivity index (χ1v) is 9.07. The Labute approximate surface area is 102 Å². The van der Waals surface area contributed by atoms with Crippen LogP contribution < -0.4 is 0 Å². The van der Waals surface area contributed by atoms with Crippen molar-refractivity contribution in [1.82, 2.24) is 0 Å². The fraction of sp³-hybridized carbons (Fsp3) is 0.818. The summed E-state index contributed by atoms with van der Waals surface area (Å²) in [7, 11) is -1.71. The van der Waals surface area contributed by atoms with Crippen LogP contribution in [0.3, 0.4) is 0 Å². The molecule has 1 rings (SSSR count). The Morgan fingerprint density at radius 3 is 2.33 bits per heavy atom. The molecule has 1 aliphatic carbocycles. The van der Waals surface area contributed by atoms with E-state index in [1.165, 1.54) is 0 Å². The zero-order valence-electron chi connectivity index (χ0n) is 10.2. The molecule has 0 bridgehead atoms. The Morgan fingerprint density at radius 1 is 1.47 bits per heavy atom. The lowest BCUT2D eigenvalue weighted by atomic mass is 10.2. The van der Waals surface area contributed by atoms with Crippen LogP contribution in [0.4, 0.5) is 0 Å². The van der Waals surface area contributed by atoms with Crippen molar-refractivity contribution in [3.63, 3.8) is 0 Å². The van der Waals surface area contributed by atoms with E-state index in [4.69, 9.17) is 4.43 Å². The lowest BCUT2D eigenvalue weighted by Crippen LogP contribution is -2.43. The minimum Gasteiger partial charge on any atom is -0.410 e. The van der Waals surface area contributed by atoms with Gasteiger partial charge in [-0.15, -0.1) is 0 Å². The summed E-state index contributed by atoms with van der Waals surface area (Å²) in [5.41, 5.74) is 0. The molecule has 0 aromatic heterocycles. The molecule has 0 spiro atoms. The number of hydrogen-bond donors (Lipinski definition) is 1. The van der Waals surface area contributed by atoms with Crippen molar-refractivity contribution in [3.8, 4) is 0 Å². The van der Waals surface area contributed by atoms with Crippen LogP contribution in [-0.4, -0.2) is 25.6 Å². The standard InChI is InChI=1S/C11H21BrO2Si/c1-11(2,3)15(4,5)14-8-6-9(12)10(13)7-8/h6,8,10,13H,7H2,1-5H3/t8-,10-/m1/s1. The van der Waals surface area contributed by atoms with Gasteiger partial charge in [-0.3, -0.25) is 0 Å². The van der Waals surface area contributed by atoms with E-state index in [0.29, 0.717) is 6.42 Å². The lowest BCUT2D eigenvalue weighted by Gasteiger charge is -2.38. The van der Waals surface area contributed by atoms with Gasteiger partial charge in [0.1, 0.15) is 0 Å². The lowest BCUT2D eigenvalue weighted by molar-refractivity contribution is 0.154. The van der Waals surface area contributed by atoms with Gasteiger partial charge in [0.25, 0.3) is 0 Å². The van der Waals surface area contributed by atoms with Crippen molar-refractivity contribution in [3.05, 3.63) is 10.6 Å². The second-order valence-electron chi connectivity index (χ2n) is 5.72. The van der Waals surface area contributed by atoms with Crippen LogP contribution in [0.15, 0.2) is 10.6 Å². The molecule has 0 heterocycles. The van der Waals surface area contributed by atoms with Crippen molar-refractivity contribution in [2.75, 3.05) is 0 Å². The van der Waals surface area contributed by atoms with Crippen LogP contribution in [0, 0.1) is 0 Å². The van der Waals surface area contributed by atoms with E-state index in [9.17, 15) is 5.11 Å². The molecule has 0 aliphatic heterocycles. The highest BCUT2D eigenvalue weighted by molar-refractivity contribution is 9.11. The van der Waals surface area contributed by atoms with E-state index >= 15 is 0 Å². The van der Waals surface area contributed by atoms with Crippen LogP contribution in [-0.2, 0) is 4.43 Å². The topological polar surface area (TPSA) is 29.5 Å². The van der Waals surface area contributed by atoms with Crippen molar-refractivity contribution < 1.29 is 9.53 Å². The average Bonchev–Trinajstić information content (AvgIpc) is 2.27. The number of halogens is 1. The molecule has 15 heavy (non-hydrogen) atoms. The fourth-order valence-corrected chi connectivity index (χ4v) is 3.08. The maximum Gasteiger partial charge on any atom is 0.192 e. The molecule has 4 heteroatoms. The molecule has 0 aromatic carbocycles. The van der Waals surface area contributed by atoms with Gasteiger partial charge in [-0.25, -0.2) is 0 Å². The molecule has 0 saturated heterocycles. The predicted octanol–water partition coefficient (Wildman–Crippen LogP) is 3.42. The average molecular weight is 293 g/mol. The third-order valence-electron chi connectivity index (χ3n) is 3.37. The highest BCUT2D eigenvalue weighted by atomic mass is 79.9. The molecule has 0 aromatic rings. The predicted molar refractivity (Wildman–Crippen MR) is 69.7 cm³/mol. The van der Waals surface area contributed by atoms with Gasteiger partial charge >= 0.3 is 0 Å². The minimum atomic E-state index is -1.71. The van der Waals surface area contributed by atoms with Crippen LogP contribution in [0.5, 0.6) is 0 Å². The van der Waals surface area contributed by atoms with Gasteiger partial charge in [-0.2, -0.15) is 0 Å². The second kappa shape index (κ2) is 4.32. The van der Waals surface area contributed by atoms with Crippen LogP contribution in [0.25, 0.3) is 0 Å². The third kappa shape index (κ3) is 3.16. The first kappa shape index (κ1) is 13.4. The SMILES string of the molecule is CC(C)(C)[Si](C)(C)O[C@@H]1C=C(Br)[C@H](O)C1. The Bertz CT molecular complexity index is 268. The smallest absolute Gasteiger partial charge is 0.192 e. The Kier molecular flexibility index (Phi) is 3.86. The molecule has 88 valence electrons. The summed E-state index contributed by atoms with van der Waals surface area (Å²) < 4.78 is 7.04. The molecular weight excluding hydrogens is 272 g/mol. The van der Waals surface area contributed by atoms with Gasteiger partial charge in [0, 0.05) is 10.9 Å². The molecule has 1 aliphatic rings. The summed E-state index contributed by atoms with van der Waals surface area (Å²) in [6, 6.07) is 0. The summed E-state index contributed by atoms with van der Waals surface area (Å²) >= 11 is 3.35. The van der Waals surface area contributed by atoms with Crippen LogP contribution >= 0.6 is 15.9 Å². The van der Waals surface area contributed by atoms with E-state index in [0.717, 1.165) is 4.48 Å². The van der Waals surface area contributed by atoms with Gasteiger partial charge < -0.3 is 9.53 Å². The van der Waals surface area contributed by atoms with Crippen LogP contribution in [0.1, 0.15) is 27.2 Å². The Hall–Kier alpha value is 0.357. The quantitative estimate of drug-likeness (QED) is 0.791. The molecule has 0 radical (unpaired) electrons. The highest BCUT2D eigenvalue weighted by Crippen LogP contribution is 2.39. The Morgan fingerprint density at radius 2 is 2.00 bits per heavy atom. The molecule has 0 unspecified atom stereocenters. The molecule has 2 atom stereocenters. The zero-order chi connectivity index (χ0) is 11.9. The van der Waals surface area contributed by atoms with Crippen molar-refractivity contribution in [2.24, 2.45) is 0 Å². The van der Waals surface area contributed by atoms with Crippen molar-refractivity contribution >= 4 is 24.2 Å². The summed E-state index contributed by atoms with van der Waals surface area (Å²) in [6.07, 6.45) is 2.38. The number of rotatable bonds is 2. The first-order valence-electron chi connectivity index (χ1n) is 5.36. The van der Waals surface area contributed by atoms with E-state index in [2.05, 4.69) is 49.8 Å². The minimum absolute atomic E-state index is 0.0790. The number of aliphatic hydroxyl groups excluding tert-OH is 1. The normalized spacial score (nSPS) is 28.1. The molecule has 1 N–H and O–H groups in total. The highest BCUT2D eigenvalue weighted by Gasteiger charge is 2.40. The largest absolute Gasteiger partial charge is 0.410 e. The van der Waals surface area contributed by atoms with Crippen molar-refractivity contribution in [1.29, 1.82) is 0 Å². The van der Waals surface area contributed by atoms with E-state index in [1.807, 2.05) is 6.08 Å². The molecule has 0 amide bonds.